The maximum absolute atomic E-state index is 12.0. The standard InChI is InChI=1S/C13H16ClN3O3/c1-16(8-12(18)17-4-2-3-5-17)11-6-9(13(19)20)10(14)7-15-11/h6-7H,2-5,8H2,1H3,(H,19,20). The lowest BCUT2D eigenvalue weighted by atomic mass is 10.2. The monoisotopic (exact) mass is 297 g/mol. The zero-order chi connectivity index (χ0) is 14.7. The number of hydrogen-bond acceptors (Lipinski definition) is 4. The zero-order valence-corrected chi connectivity index (χ0v) is 11.9. The second-order valence-electron chi connectivity index (χ2n) is 4.77. The molecule has 0 bridgehead atoms. The summed E-state index contributed by atoms with van der Waals surface area (Å²) < 4.78 is 0. The van der Waals surface area contributed by atoms with Gasteiger partial charge in [0.1, 0.15) is 5.82 Å². The second-order valence-corrected chi connectivity index (χ2v) is 5.18. The van der Waals surface area contributed by atoms with Gasteiger partial charge in [-0.15, -0.1) is 0 Å². The molecule has 7 heteroatoms. The molecule has 1 fully saturated rings. The lowest BCUT2D eigenvalue weighted by Crippen LogP contribution is -2.37. The molecule has 108 valence electrons. The van der Waals surface area contributed by atoms with Crippen molar-refractivity contribution in [2.45, 2.75) is 12.8 Å². The van der Waals surface area contributed by atoms with Crippen LogP contribution in [0.1, 0.15) is 23.2 Å². The Labute approximate surface area is 122 Å². The van der Waals surface area contributed by atoms with Crippen LogP contribution in [0.2, 0.25) is 5.02 Å². The van der Waals surface area contributed by atoms with Crippen molar-refractivity contribution in [2.75, 3.05) is 31.6 Å². The lowest BCUT2D eigenvalue weighted by Gasteiger charge is -2.22. The molecule has 1 aromatic rings. The van der Waals surface area contributed by atoms with E-state index in [1.54, 1.807) is 11.9 Å². The van der Waals surface area contributed by atoms with Gasteiger partial charge in [-0.25, -0.2) is 9.78 Å². The minimum absolute atomic E-state index is 0.0165. The molecule has 6 nitrogen and oxygen atoms in total. The zero-order valence-electron chi connectivity index (χ0n) is 11.2. The molecule has 20 heavy (non-hydrogen) atoms. The van der Waals surface area contributed by atoms with E-state index in [0.29, 0.717) is 5.82 Å². The molecule has 1 amide bonds. The normalized spacial score (nSPS) is 14.4. The van der Waals surface area contributed by atoms with E-state index in [1.807, 2.05) is 4.90 Å². The largest absolute Gasteiger partial charge is 0.478 e. The highest BCUT2D eigenvalue weighted by Gasteiger charge is 2.20. The molecule has 0 atom stereocenters. The molecule has 1 saturated heterocycles. The van der Waals surface area contributed by atoms with Crippen molar-refractivity contribution < 1.29 is 14.7 Å². The number of carbonyl (C=O) groups is 2. The minimum Gasteiger partial charge on any atom is -0.478 e. The predicted molar refractivity (Wildman–Crippen MR) is 75.3 cm³/mol. The van der Waals surface area contributed by atoms with E-state index in [4.69, 9.17) is 16.7 Å². The summed E-state index contributed by atoms with van der Waals surface area (Å²) in [5.74, 6) is -0.670. The summed E-state index contributed by atoms with van der Waals surface area (Å²) in [6, 6.07) is 1.38. The smallest absolute Gasteiger partial charge is 0.337 e. The maximum Gasteiger partial charge on any atom is 0.337 e. The van der Waals surface area contributed by atoms with E-state index in [1.165, 1.54) is 12.3 Å². The third kappa shape index (κ3) is 3.19. The van der Waals surface area contributed by atoms with Crippen molar-refractivity contribution >= 4 is 29.3 Å². The number of likely N-dealkylation sites (tertiary alicyclic amines) is 1. The van der Waals surface area contributed by atoms with Crippen molar-refractivity contribution in [3.05, 3.63) is 22.8 Å². The maximum atomic E-state index is 12.0. The molecule has 0 aliphatic carbocycles. The number of carboxylic acid groups (broad SMARTS) is 1. The molecule has 0 spiro atoms. The van der Waals surface area contributed by atoms with Crippen LogP contribution in [0.25, 0.3) is 0 Å². The Kier molecular flexibility index (Phi) is 4.44. The van der Waals surface area contributed by atoms with Gasteiger partial charge >= 0.3 is 5.97 Å². The number of halogens is 1. The molecule has 1 N–H and O–H groups in total. The van der Waals surface area contributed by atoms with E-state index >= 15 is 0 Å². The van der Waals surface area contributed by atoms with Gasteiger partial charge in [-0.05, 0) is 18.9 Å². The van der Waals surface area contributed by atoms with Gasteiger partial charge in [-0.1, -0.05) is 11.6 Å². The Morgan fingerprint density at radius 2 is 2.10 bits per heavy atom. The number of likely N-dealkylation sites (N-methyl/N-ethyl adjacent to an activating group) is 1. The van der Waals surface area contributed by atoms with E-state index in [-0.39, 0.29) is 23.0 Å². The summed E-state index contributed by atoms with van der Waals surface area (Å²) in [6.45, 7) is 1.76. The molecule has 1 aliphatic rings. The van der Waals surface area contributed by atoms with Gasteiger partial charge in [-0.3, -0.25) is 4.79 Å². The Morgan fingerprint density at radius 1 is 1.45 bits per heavy atom. The van der Waals surface area contributed by atoms with Crippen LogP contribution in [0.15, 0.2) is 12.3 Å². The van der Waals surface area contributed by atoms with Crippen molar-refractivity contribution in [3.63, 3.8) is 0 Å². The number of aromatic nitrogens is 1. The van der Waals surface area contributed by atoms with Crippen molar-refractivity contribution in [1.82, 2.24) is 9.88 Å². The molecule has 0 unspecified atom stereocenters. The Morgan fingerprint density at radius 3 is 2.70 bits per heavy atom. The van der Waals surface area contributed by atoms with Gasteiger partial charge < -0.3 is 14.9 Å². The van der Waals surface area contributed by atoms with Crippen LogP contribution in [-0.2, 0) is 4.79 Å². The van der Waals surface area contributed by atoms with Crippen LogP contribution in [-0.4, -0.2) is 53.5 Å². The average molecular weight is 298 g/mol. The quantitative estimate of drug-likeness (QED) is 0.911. The van der Waals surface area contributed by atoms with Crippen LogP contribution in [0.4, 0.5) is 5.82 Å². The fourth-order valence-electron chi connectivity index (χ4n) is 2.15. The average Bonchev–Trinajstić information content (AvgIpc) is 2.92. The van der Waals surface area contributed by atoms with E-state index in [9.17, 15) is 9.59 Å². The number of nitrogens with zero attached hydrogens (tertiary/aromatic N) is 3. The van der Waals surface area contributed by atoms with Crippen molar-refractivity contribution in [3.8, 4) is 0 Å². The third-order valence-corrected chi connectivity index (χ3v) is 3.59. The predicted octanol–water partition coefficient (Wildman–Crippen LogP) is 1.49. The number of carboxylic acids is 1. The first kappa shape index (κ1) is 14.6. The fraction of sp³-hybridized carbons (Fsp3) is 0.462. The summed E-state index contributed by atoms with van der Waals surface area (Å²) in [7, 11) is 1.70. The molecule has 2 heterocycles. The van der Waals surface area contributed by atoms with E-state index in [0.717, 1.165) is 25.9 Å². The van der Waals surface area contributed by atoms with Crippen molar-refractivity contribution in [1.29, 1.82) is 0 Å². The number of aromatic carboxylic acids is 1. The second kappa shape index (κ2) is 6.09. The molecule has 0 saturated carbocycles. The number of carbonyl (C=O) groups excluding carboxylic acids is 1. The molecule has 1 aliphatic heterocycles. The Balaban J connectivity index is 2.08. The summed E-state index contributed by atoms with van der Waals surface area (Å²) in [6.07, 6.45) is 3.37. The molecule has 0 radical (unpaired) electrons. The Hall–Kier alpha value is -1.82. The fourth-order valence-corrected chi connectivity index (χ4v) is 2.33. The summed E-state index contributed by atoms with van der Waals surface area (Å²) in [5.41, 5.74) is -0.0165. The highest BCUT2D eigenvalue weighted by Crippen LogP contribution is 2.20. The van der Waals surface area contributed by atoms with Crippen molar-refractivity contribution in [2.24, 2.45) is 0 Å². The van der Waals surface area contributed by atoms with Gasteiger partial charge in [0.25, 0.3) is 0 Å². The molecular formula is C13H16ClN3O3. The number of amides is 1. The first-order valence-electron chi connectivity index (χ1n) is 6.37. The lowest BCUT2D eigenvalue weighted by molar-refractivity contribution is -0.128. The third-order valence-electron chi connectivity index (χ3n) is 3.29. The SMILES string of the molecule is CN(CC(=O)N1CCCC1)c1cc(C(=O)O)c(Cl)cn1. The van der Waals surface area contributed by atoms with Gasteiger partial charge in [0.2, 0.25) is 5.91 Å². The Bertz CT molecular complexity index is 530. The van der Waals surface area contributed by atoms with Gasteiger partial charge in [0, 0.05) is 26.3 Å². The first-order valence-corrected chi connectivity index (χ1v) is 6.74. The molecule has 2 rings (SSSR count). The van der Waals surface area contributed by atoms with Crippen LogP contribution in [0.3, 0.4) is 0 Å². The van der Waals surface area contributed by atoms with Gasteiger partial charge in [-0.2, -0.15) is 0 Å². The molecule has 0 aromatic carbocycles. The highest BCUT2D eigenvalue weighted by atomic mass is 35.5. The summed E-state index contributed by atoms with van der Waals surface area (Å²) in [5, 5.41) is 9.10. The summed E-state index contributed by atoms with van der Waals surface area (Å²) >= 11 is 5.77. The number of rotatable bonds is 4. The van der Waals surface area contributed by atoms with Crippen LogP contribution in [0.5, 0.6) is 0 Å². The topological polar surface area (TPSA) is 73.7 Å². The van der Waals surface area contributed by atoms with E-state index < -0.39 is 5.97 Å². The van der Waals surface area contributed by atoms with Gasteiger partial charge in [0.05, 0.1) is 17.1 Å². The van der Waals surface area contributed by atoms with E-state index in [2.05, 4.69) is 4.98 Å². The molecular weight excluding hydrogens is 282 g/mol. The number of anilines is 1. The number of pyridine rings is 1. The summed E-state index contributed by atoms with van der Waals surface area (Å²) in [4.78, 5) is 30.6. The first-order chi connectivity index (χ1) is 9.49. The highest BCUT2D eigenvalue weighted by molar-refractivity contribution is 6.33. The number of hydrogen-bond donors (Lipinski definition) is 1. The molecule has 1 aromatic heterocycles. The van der Waals surface area contributed by atoms with Crippen LogP contribution in [0, 0.1) is 0 Å². The van der Waals surface area contributed by atoms with Crippen LogP contribution >= 0.6 is 11.6 Å². The van der Waals surface area contributed by atoms with Gasteiger partial charge in [0.15, 0.2) is 0 Å². The minimum atomic E-state index is -1.11. The van der Waals surface area contributed by atoms with Crippen LogP contribution < -0.4 is 4.90 Å².